The van der Waals surface area contributed by atoms with Crippen molar-refractivity contribution in [3.8, 4) is 5.75 Å². The summed E-state index contributed by atoms with van der Waals surface area (Å²) in [4.78, 5) is 4.00. The lowest BCUT2D eigenvalue weighted by Crippen LogP contribution is -2.27. The first kappa shape index (κ1) is 15.7. The minimum atomic E-state index is 0.427. The van der Waals surface area contributed by atoms with E-state index >= 15 is 0 Å². The van der Waals surface area contributed by atoms with Crippen LogP contribution in [0.2, 0.25) is 0 Å². The number of nitrogens with two attached hydrogens (primary N) is 1. The molecule has 0 heterocycles. The summed E-state index contributed by atoms with van der Waals surface area (Å²) < 4.78 is 5.23. The van der Waals surface area contributed by atoms with Crippen LogP contribution in [0.4, 0.5) is 11.4 Å². The molecular weight excluding hydrogens is 272 g/mol. The molecule has 0 aliphatic carbocycles. The van der Waals surface area contributed by atoms with E-state index in [-0.39, 0.29) is 0 Å². The van der Waals surface area contributed by atoms with Crippen molar-refractivity contribution in [3.05, 3.63) is 42.8 Å². The normalized spacial score (nSPS) is 11.2. The first-order valence-corrected chi connectivity index (χ1v) is 6.30. The van der Waals surface area contributed by atoms with Crippen molar-refractivity contribution >= 4 is 34.9 Å². The SMILES string of the molecule is C=C/C=N\C=C(/C)NC(=S)Nc1cc(N)ccc1OC. The molecule has 6 heteroatoms. The second kappa shape index (κ2) is 7.96. The summed E-state index contributed by atoms with van der Waals surface area (Å²) in [6, 6.07) is 5.29. The number of nitrogens with zero attached hydrogens (tertiary/aromatic N) is 1. The monoisotopic (exact) mass is 290 g/mol. The molecule has 106 valence electrons. The highest BCUT2D eigenvalue weighted by Gasteiger charge is 2.05. The molecule has 4 N–H and O–H groups in total. The van der Waals surface area contributed by atoms with E-state index in [4.69, 9.17) is 22.7 Å². The smallest absolute Gasteiger partial charge is 0.175 e. The Bertz CT molecular complexity index is 552. The van der Waals surface area contributed by atoms with Crippen LogP contribution in [-0.2, 0) is 0 Å². The summed E-state index contributed by atoms with van der Waals surface area (Å²) in [6.45, 7) is 5.39. The number of nitrogen functional groups attached to an aromatic ring is 1. The maximum Gasteiger partial charge on any atom is 0.175 e. The van der Waals surface area contributed by atoms with E-state index in [1.807, 2.05) is 6.92 Å². The Morgan fingerprint density at radius 1 is 1.50 bits per heavy atom. The third-order valence-corrected chi connectivity index (χ3v) is 2.45. The van der Waals surface area contributed by atoms with Crippen molar-refractivity contribution in [3.63, 3.8) is 0 Å². The van der Waals surface area contributed by atoms with Crippen molar-refractivity contribution in [2.45, 2.75) is 6.92 Å². The lowest BCUT2D eigenvalue weighted by atomic mass is 10.2. The second-order valence-corrected chi connectivity index (χ2v) is 4.29. The summed E-state index contributed by atoms with van der Waals surface area (Å²) in [5, 5.41) is 6.45. The highest BCUT2D eigenvalue weighted by Crippen LogP contribution is 2.26. The van der Waals surface area contributed by atoms with Gasteiger partial charge in [-0.1, -0.05) is 12.7 Å². The number of hydrogen-bond donors (Lipinski definition) is 3. The van der Waals surface area contributed by atoms with Crippen LogP contribution in [0.25, 0.3) is 0 Å². The topological polar surface area (TPSA) is 71.7 Å². The zero-order chi connectivity index (χ0) is 15.0. The number of thiocarbonyl (C=S) groups is 1. The second-order valence-electron chi connectivity index (χ2n) is 3.88. The van der Waals surface area contributed by atoms with Crippen LogP contribution in [0.5, 0.6) is 5.75 Å². The minimum absolute atomic E-state index is 0.427. The fraction of sp³-hybridized carbons (Fsp3) is 0.143. The van der Waals surface area contributed by atoms with Gasteiger partial charge in [0.05, 0.1) is 12.8 Å². The van der Waals surface area contributed by atoms with Crippen LogP contribution in [0.15, 0.2) is 47.7 Å². The number of nitrogens with one attached hydrogen (secondary N) is 2. The van der Waals surface area contributed by atoms with Crippen LogP contribution >= 0.6 is 12.2 Å². The molecule has 0 unspecified atom stereocenters. The molecule has 5 nitrogen and oxygen atoms in total. The van der Waals surface area contributed by atoms with Crippen molar-refractivity contribution in [1.29, 1.82) is 0 Å². The maximum absolute atomic E-state index is 5.74. The molecule has 0 aromatic heterocycles. The maximum atomic E-state index is 5.74. The molecule has 0 radical (unpaired) electrons. The Kier molecular flexibility index (Phi) is 6.25. The number of rotatable bonds is 5. The average Bonchev–Trinajstić information content (AvgIpc) is 2.39. The van der Waals surface area contributed by atoms with Gasteiger partial charge in [0.2, 0.25) is 0 Å². The highest BCUT2D eigenvalue weighted by atomic mass is 32.1. The number of ether oxygens (including phenoxy) is 1. The number of benzene rings is 1. The summed E-state index contributed by atoms with van der Waals surface area (Å²) in [6.07, 6.45) is 4.83. The van der Waals surface area contributed by atoms with E-state index in [1.54, 1.807) is 43.8 Å². The molecule has 0 fully saturated rings. The van der Waals surface area contributed by atoms with Gasteiger partial charge in [0, 0.05) is 23.8 Å². The Balaban J connectivity index is 2.71. The van der Waals surface area contributed by atoms with Crippen LogP contribution < -0.4 is 21.1 Å². The van der Waals surface area contributed by atoms with Gasteiger partial charge in [-0.3, -0.25) is 4.99 Å². The Morgan fingerprint density at radius 2 is 2.25 bits per heavy atom. The van der Waals surface area contributed by atoms with Crippen LogP contribution in [-0.4, -0.2) is 18.4 Å². The third kappa shape index (κ3) is 5.11. The molecule has 0 aliphatic rings. The van der Waals surface area contributed by atoms with Gasteiger partial charge < -0.3 is 21.1 Å². The van der Waals surface area contributed by atoms with Gasteiger partial charge in [-0.05, 0) is 37.3 Å². The summed E-state index contributed by atoms with van der Waals surface area (Å²) in [5.41, 5.74) is 7.86. The van der Waals surface area contributed by atoms with Crippen molar-refractivity contribution < 1.29 is 4.74 Å². The van der Waals surface area contributed by atoms with Crippen LogP contribution in [0, 0.1) is 0 Å². The molecule has 0 bridgehead atoms. The van der Waals surface area contributed by atoms with Gasteiger partial charge in [0.15, 0.2) is 5.11 Å². The number of aliphatic imine (C=N–C) groups is 1. The number of allylic oxidation sites excluding steroid dienone is 2. The van der Waals surface area contributed by atoms with Crippen molar-refractivity contribution in [2.75, 3.05) is 18.2 Å². The molecule has 0 saturated carbocycles. The third-order valence-electron chi connectivity index (χ3n) is 2.24. The Morgan fingerprint density at radius 3 is 2.90 bits per heavy atom. The van der Waals surface area contributed by atoms with E-state index in [2.05, 4.69) is 22.2 Å². The van der Waals surface area contributed by atoms with Gasteiger partial charge in [0.25, 0.3) is 0 Å². The molecule has 0 saturated heterocycles. The number of hydrogen-bond acceptors (Lipinski definition) is 4. The number of methoxy groups -OCH3 is 1. The first-order chi connectivity index (χ1) is 9.56. The predicted molar refractivity (Wildman–Crippen MR) is 89.2 cm³/mol. The molecule has 1 rings (SSSR count). The lowest BCUT2D eigenvalue weighted by Gasteiger charge is -2.13. The minimum Gasteiger partial charge on any atom is -0.495 e. The fourth-order valence-electron chi connectivity index (χ4n) is 1.40. The summed E-state index contributed by atoms with van der Waals surface area (Å²) >= 11 is 5.21. The molecule has 1 aromatic rings. The van der Waals surface area contributed by atoms with Crippen LogP contribution in [0.1, 0.15) is 6.92 Å². The zero-order valence-electron chi connectivity index (χ0n) is 11.5. The van der Waals surface area contributed by atoms with E-state index in [0.29, 0.717) is 22.2 Å². The predicted octanol–water partition coefficient (Wildman–Crippen LogP) is 2.68. The highest BCUT2D eigenvalue weighted by molar-refractivity contribution is 7.80. The van der Waals surface area contributed by atoms with E-state index < -0.39 is 0 Å². The lowest BCUT2D eigenvalue weighted by molar-refractivity contribution is 0.417. The first-order valence-electron chi connectivity index (χ1n) is 5.89. The quantitative estimate of drug-likeness (QED) is 0.442. The average molecular weight is 290 g/mol. The van der Waals surface area contributed by atoms with E-state index in [9.17, 15) is 0 Å². The Hall–Kier alpha value is -2.34. The van der Waals surface area contributed by atoms with Crippen molar-refractivity contribution in [1.82, 2.24) is 5.32 Å². The molecule has 1 aromatic carbocycles. The molecular formula is C14H18N4OS. The van der Waals surface area contributed by atoms with Gasteiger partial charge in [-0.2, -0.15) is 0 Å². The van der Waals surface area contributed by atoms with Crippen LogP contribution in [0.3, 0.4) is 0 Å². The van der Waals surface area contributed by atoms with Crippen molar-refractivity contribution in [2.24, 2.45) is 4.99 Å². The van der Waals surface area contributed by atoms with Gasteiger partial charge in [-0.15, -0.1) is 0 Å². The number of anilines is 2. The largest absolute Gasteiger partial charge is 0.495 e. The zero-order valence-corrected chi connectivity index (χ0v) is 12.3. The Labute approximate surface area is 124 Å². The molecule has 20 heavy (non-hydrogen) atoms. The molecule has 0 spiro atoms. The van der Waals surface area contributed by atoms with E-state index in [1.165, 1.54) is 0 Å². The van der Waals surface area contributed by atoms with E-state index in [0.717, 1.165) is 5.70 Å². The molecule has 0 atom stereocenters. The molecule has 0 aliphatic heterocycles. The standard InChI is InChI=1S/C14H18N4OS/c1-4-7-16-9-10(2)17-14(20)18-12-8-11(15)5-6-13(12)19-3/h4-9H,1,15H2,2-3H3,(H2,17,18,20)/b10-9+,16-7-. The van der Waals surface area contributed by atoms with Gasteiger partial charge >= 0.3 is 0 Å². The molecule has 0 amide bonds. The summed E-state index contributed by atoms with van der Waals surface area (Å²) in [5.74, 6) is 0.662. The fourth-order valence-corrected chi connectivity index (χ4v) is 1.67. The van der Waals surface area contributed by atoms with Gasteiger partial charge in [-0.25, -0.2) is 0 Å². The van der Waals surface area contributed by atoms with Gasteiger partial charge in [0.1, 0.15) is 5.75 Å². The summed E-state index contributed by atoms with van der Waals surface area (Å²) in [7, 11) is 1.59.